The molecular formula is C19H22BrN5O. The average molecular weight is 416 g/mol. The topological polar surface area (TPSA) is 55.4 Å². The number of nitrogens with zero attached hydrogens (tertiary/aromatic N) is 5. The molecule has 0 saturated carbocycles. The molecule has 3 aromatic rings. The summed E-state index contributed by atoms with van der Waals surface area (Å²) in [7, 11) is 0. The number of hydrogen-bond acceptors (Lipinski definition) is 4. The van der Waals surface area contributed by atoms with E-state index in [9.17, 15) is 4.79 Å². The molecule has 4 rings (SSSR count). The van der Waals surface area contributed by atoms with E-state index in [1.165, 1.54) is 32.4 Å². The summed E-state index contributed by atoms with van der Waals surface area (Å²) in [5.41, 5.74) is 2.55. The predicted molar refractivity (Wildman–Crippen MR) is 105 cm³/mol. The first-order chi connectivity index (χ1) is 12.7. The zero-order valence-electron chi connectivity index (χ0n) is 14.6. The summed E-state index contributed by atoms with van der Waals surface area (Å²) in [6.45, 7) is 4.24. The molecule has 136 valence electrons. The van der Waals surface area contributed by atoms with Crippen molar-refractivity contribution in [2.75, 3.05) is 19.6 Å². The SMILES string of the molecule is O=c1cc(-c2cnn3c(Br)cnc3c2)ccn1CCCN1CCCCC1. The van der Waals surface area contributed by atoms with Crippen LogP contribution in [-0.2, 0) is 6.54 Å². The van der Waals surface area contributed by atoms with Crippen LogP contribution in [0.25, 0.3) is 16.8 Å². The third-order valence-electron chi connectivity index (χ3n) is 4.97. The molecule has 0 amide bonds. The second-order valence-electron chi connectivity index (χ2n) is 6.80. The largest absolute Gasteiger partial charge is 0.315 e. The smallest absolute Gasteiger partial charge is 0.251 e. The molecule has 0 unspecified atom stereocenters. The van der Waals surface area contributed by atoms with E-state index < -0.39 is 0 Å². The fourth-order valence-electron chi connectivity index (χ4n) is 3.52. The monoisotopic (exact) mass is 415 g/mol. The van der Waals surface area contributed by atoms with Crippen LogP contribution in [0.1, 0.15) is 25.7 Å². The number of fused-ring (bicyclic) bond motifs is 1. The van der Waals surface area contributed by atoms with Crippen molar-refractivity contribution in [1.82, 2.24) is 24.1 Å². The Morgan fingerprint density at radius 3 is 2.69 bits per heavy atom. The van der Waals surface area contributed by atoms with Crippen LogP contribution in [0, 0.1) is 0 Å². The lowest BCUT2D eigenvalue weighted by atomic mass is 10.1. The Morgan fingerprint density at radius 2 is 1.88 bits per heavy atom. The van der Waals surface area contributed by atoms with Gasteiger partial charge in [-0.05, 0) is 72.5 Å². The summed E-state index contributed by atoms with van der Waals surface area (Å²) in [6.07, 6.45) is 10.3. The standard InChI is InChI=1S/C19H22BrN5O/c20-17-14-21-18-11-16(13-22-25(17)18)15-5-10-24(19(26)12-15)9-4-8-23-6-2-1-3-7-23/h5,10-14H,1-4,6-9H2. The number of imidazole rings is 1. The molecule has 0 aliphatic carbocycles. The summed E-state index contributed by atoms with van der Waals surface area (Å²) in [6, 6.07) is 5.60. The van der Waals surface area contributed by atoms with Gasteiger partial charge in [0.05, 0.1) is 12.4 Å². The van der Waals surface area contributed by atoms with E-state index in [0.29, 0.717) is 0 Å². The van der Waals surface area contributed by atoms with Crippen LogP contribution in [0.15, 0.2) is 46.2 Å². The maximum absolute atomic E-state index is 12.5. The highest BCUT2D eigenvalue weighted by Crippen LogP contribution is 2.20. The Balaban J connectivity index is 1.45. The van der Waals surface area contributed by atoms with E-state index in [0.717, 1.165) is 40.9 Å². The van der Waals surface area contributed by atoms with Crippen molar-refractivity contribution in [3.63, 3.8) is 0 Å². The Morgan fingerprint density at radius 1 is 1.04 bits per heavy atom. The highest BCUT2D eigenvalue weighted by molar-refractivity contribution is 9.10. The summed E-state index contributed by atoms with van der Waals surface area (Å²) in [5.74, 6) is 0. The minimum Gasteiger partial charge on any atom is -0.315 e. The molecule has 1 aliphatic heterocycles. The number of aromatic nitrogens is 4. The van der Waals surface area contributed by atoms with Crippen molar-refractivity contribution in [3.05, 3.63) is 51.7 Å². The van der Waals surface area contributed by atoms with E-state index in [1.807, 2.05) is 18.3 Å². The summed E-state index contributed by atoms with van der Waals surface area (Å²) >= 11 is 3.40. The van der Waals surface area contributed by atoms with E-state index in [1.54, 1.807) is 27.5 Å². The summed E-state index contributed by atoms with van der Waals surface area (Å²) in [5, 5.41) is 4.36. The van der Waals surface area contributed by atoms with Gasteiger partial charge in [0.25, 0.3) is 5.56 Å². The fourth-order valence-corrected chi connectivity index (χ4v) is 3.90. The van der Waals surface area contributed by atoms with Crippen molar-refractivity contribution < 1.29 is 0 Å². The zero-order chi connectivity index (χ0) is 17.9. The maximum Gasteiger partial charge on any atom is 0.251 e. The highest BCUT2D eigenvalue weighted by Gasteiger charge is 2.10. The maximum atomic E-state index is 12.5. The number of likely N-dealkylation sites (tertiary alicyclic amines) is 1. The van der Waals surface area contributed by atoms with E-state index in [2.05, 4.69) is 30.9 Å². The predicted octanol–water partition coefficient (Wildman–Crippen LogP) is 3.20. The first kappa shape index (κ1) is 17.4. The Hall–Kier alpha value is -1.99. The Bertz CT molecular complexity index is 958. The van der Waals surface area contributed by atoms with Gasteiger partial charge in [-0.2, -0.15) is 5.10 Å². The van der Waals surface area contributed by atoms with Crippen molar-refractivity contribution in [2.45, 2.75) is 32.2 Å². The molecule has 0 bridgehead atoms. The van der Waals surface area contributed by atoms with Gasteiger partial charge in [-0.3, -0.25) is 4.79 Å². The molecule has 4 heterocycles. The molecule has 0 spiro atoms. The van der Waals surface area contributed by atoms with E-state index in [4.69, 9.17) is 0 Å². The first-order valence-electron chi connectivity index (χ1n) is 9.13. The number of piperidine rings is 1. The van der Waals surface area contributed by atoms with Crippen LogP contribution in [0.5, 0.6) is 0 Å². The second kappa shape index (κ2) is 7.72. The minimum absolute atomic E-state index is 0.0329. The highest BCUT2D eigenvalue weighted by atomic mass is 79.9. The Kier molecular flexibility index (Phi) is 5.17. The zero-order valence-corrected chi connectivity index (χ0v) is 16.2. The molecule has 0 aromatic carbocycles. The van der Waals surface area contributed by atoms with Crippen LogP contribution in [0.4, 0.5) is 0 Å². The van der Waals surface area contributed by atoms with E-state index >= 15 is 0 Å². The molecule has 6 nitrogen and oxygen atoms in total. The molecule has 1 fully saturated rings. The van der Waals surface area contributed by atoms with Gasteiger partial charge in [-0.15, -0.1) is 0 Å². The van der Waals surface area contributed by atoms with Gasteiger partial charge in [-0.25, -0.2) is 9.50 Å². The van der Waals surface area contributed by atoms with Crippen LogP contribution in [0.3, 0.4) is 0 Å². The lowest BCUT2D eigenvalue weighted by Gasteiger charge is -2.26. The van der Waals surface area contributed by atoms with Crippen molar-refractivity contribution in [2.24, 2.45) is 0 Å². The van der Waals surface area contributed by atoms with E-state index in [-0.39, 0.29) is 5.56 Å². The normalized spacial score (nSPS) is 15.6. The molecule has 3 aromatic heterocycles. The van der Waals surface area contributed by atoms with Gasteiger partial charge in [0, 0.05) is 24.4 Å². The molecular weight excluding hydrogens is 394 g/mol. The third kappa shape index (κ3) is 3.73. The lowest BCUT2D eigenvalue weighted by molar-refractivity contribution is 0.222. The third-order valence-corrected chi connectivity index (χ3v) is 5.51. The number of hydrogen-bond donors (Lipinski definition) is 0. The molecule has 0 atom stereocenters. The number of aryl methyl sites for hydroxylation is 1. The number of pyridine rings is 1. The van der Waals surface area contributed by atoms with Gasteiger partial charge in [-0.1, -0.05) is 6.42 Å². The summed E-state index contributed by atoms with van der Waals surface area (Å²) < 4.78 is 4.32. The quantitative estimate of drug-likeness (QED) is 0.641. The second-order valence-corrected chi connectivity index (χ2v) is 7.61. The van der Waals surface area contributed by atoms with Crippen LogP contribution in [0.2, 0.25) is 0 Å². The van der Waals surface area contributed by atoms with Gasteiger partial charge < -0.3 is 9.47 Å². The first-order valence-corrected chi connectivity index (χ1v) is 9.92. The van der Waals surface area contributed by atoms with Crippen molar-refractivity contribution >= 4 is 21.6 Å². The number of rotatable bonds is 5. The lowest BCUT2D eigenvalue weighted by Crippen LogP contribution is -2.31. The minimum atomic E-state index is 0.0329. The van der Waals surface area contributed by atoms with Gasteiger partial charge in [0.15, 0.2) is 5.65 Å². The molecule has 0 radical (unpaired) electrons. The average Bonchev–Trinajstić information content (AvgIpc) is 3.04. The molecule has 0 N–H and O–H groups in total. The molecule has 7 heteroatoms. The molecule has 26 heavy (non-hydrogen) atoms. The van der Waals surface area contributed by atoms with Gasteiger partial charge >= 0.3 is 0 Å². The van der Waals surface area contributed by atoms with Crippen LogP contribution in [-0.4, -0.2) is 43.7 Å². The van der Waals surface area contributed by atoms with Crippen LogP contribution < -0.4 is 5.56 Å². The van der Waals surface area contributed by atoms with Gasteiger partial charge in [0.1, 0.15) is 4.60 Å². The Labute approximate surface area is 160 Å². The molecule has 1 aliphatic rings. The van der Waals surface area contributed by atoms with Crippen LogP contribution >= 0.6 is 15.9 Å². The number of halogens is 1. The van der Waals surface area contributed by atoms with Gasteiger partial charge in [0.2, 0.25) is 0 Å². The molecule has 1 saturated heterocycles. The van der Waals surface area contributed by atoms with Crippen molar-refractivity contribution in [3.8, 4) is 11.1 Å². The van der Waals surface area contributed by atoms with Crippen molar-refractivity contribution in [1.29, 1.82) is 0 Å². The fraction of sp³-hybridized carbons (Fsp3) is 0.421. The summed E-state index contributed by atoms with van der Waals surface area (Å²) in [4.78, 5) is 19.3.